The van der Waals surface area contributed by atoms with Gasteiger partial charge in [-0.15, -0.1) is 0 Å². The van der Waals surface area contributed by atoms with E-state index in [2.05, 4.69) is 21.0 Å². The Kier molecular flexibility index (Phi) is 3.88. The third-order valence-corrected chi connectivity index (χ3v) is 3.37. The third-order valence-electron chi connectivity index (χ3n) is 2.56. The maximum Gasteiger partial charge on any atom is 0.212 e. The minimum atomic E-state index is -0.112. The van der Waals surface area contributed by atoms with Crippen LogP contribution in [0.1, 0.15) is 35.9 Å². The second kappa shape index (κ2) is 5.24. The lowest BCUT2D eigenvalue weighted by Crippen LogP contribution is -2.13. The molecule has 0 radical (unpaired) electrons. The van der Waals surface area contributed by atoms with Crippen molar-refractivity contribution in [3.63, 3.8) is 0 Å². The molecule has 1 aromatic carbocycles. The Balaban J connectivity index is 2.45. The fourth-order valence-electron chi connectivity index (χ4n) is 1.68. The fraction of sp³-hybridized carbons (Fsp3) is 0.231. The minimum absolute atomic E-state index is 0.0897. The molecule has 3 nitrogen and oxygen atoms in total. The largest absolute Gasteiger partial charge is 0.287 e. The lowest BCUT2D eigenvalue weighted by Gasteiger charge is -2.10. The topological polar surface area (TPSA) is 34.9 Å². The van der Waals surface area contributed by atoms with Crippen molar-refractivity contribution in [2.45, 2.75) is 19.9 Å². The summed E-state index contributed by atoms with van der Waals surface area (Å²) in [6.45, 7) is 3.92. The van der Waals surface area contributed by atoms with Gasteiger partial charge in [-0.05, 0) is 38.1 Å². The van der Waals surface area contributed by atoms with Gasteiger partial charge in [0.1, 0.15) is 5.69 Å². The van der Waals surface area contributed by atoms with Crippen LogP contribution in [0.2, 0.25) is 5.02 Å². The normalized spacial score (nSPS) is 10.9. The summed E-state index contributed by atoms with van der Waals surface area (Å²) < 4.78 is 2.58. The van der Waals surface area contributed by atoms with Gasteiger partial charge in [-0.25, -0.2) is 0 Å². The molecule has 0 aliphatic rings. The number of benzene rings is 1. The quantitative estimate of drug-likeness (QED) is 0.795. The smallest absolute Gasteiger partial charge is 0.212 e. The molecule has 0 saturated carbocycles. The number of carbonyl (C=O) groups excluding carboxylic acids is 1. The highest BCUT2D eigenvalue weighted by atomic mass is 79.9. The summed E-state index contributed by atoms with van der Waals surface area (Å²) in [5.74, 6) is -0.112. The van der Waals surface area contributed by atoms with Gasteiger partial charge in [0.25, 0.3) is 0 Å². The Bertz CT molecular complexity index is 575. The highest BCUT2D eigenvalue weighted by Gasteiger charge is 2.20. The van der Waals surface area contributed by atoms with Gasteiger partial charge in [0.05, 0.1) is 11.2 Å². The molecule has 0 unspecified atom stereocenters. The summed E-state index contributed by atoms with van der Waals surface area (Å²) in [4.78, 5) is 12.4. The van der Waals surface area contributed by atoms with E-state index in [-0.39, 0.29) is 11.8 Å². The number of carbonyl (C=O) groups is 1. The van der Waals surface area contributed by atoms with Gasteiger partial charge in [-0.2, -0.15) is 5.10 Å². The van der Waals surface area contributed by atoms with Gasteiger partial charge in [-0.1, -0.05) is 27.5 Å². The molecule has 0 amide bonds. The molecular weight excluding hydrogens is 316 g/mol. The number of aromatic nitrogens is 2. The second-order valence-corrected chi connectivity index (χ2v) is 5.54. The highest BCUT2D eigenvalue weighted by Crippen LogP contribution is 2.23. The number of ketones is 1. The minimum Gasteiger partial charge on any atom is -0.287 e. The van der Waals surface area contributed by atoms with E-state index in [0.29, 0.717) is 16.3 Å². The molecule has 1 heterocycles. The van der Waals surface area contributed by atoms with Crippen molar-refractivity contribution in [2.75, 3.05) is 0 Å². The molecule has 0 spiro atoms. The van der Waals surface area contributed by atoms with Gasteiger partial charge in [0.2, 0.25) is 5.78 Å². The number of rotatable bonds is 3. The lowest BCUT2D eigenvalue weighted by molar-refractivity contribution is 0.102. The van der Waals surface area contributed by atoms with E-state index < -0.39 is 0 Å². The molecule has 0 bridgehead atoms. The molecule has 94 valence electrons. The monoisotopic (exact) mass is 326 g/mol. The van der Waals surface area contributed by atoms with E-state index in [1.54, 1.807) is 16.8 Å². The number of halogens is 2. The molecule has 0 atom stereocenters. The maximum absolute atomic E-state index is 12.4. The maximum atomic E-state index is 12.4. The van der Waals surface area contributed by atoms with Crippen LogP contribution in [0.15, 0.2) is 34.9 Å². The van der Waals surface area contributed by atoms with Crippen molar-refractivity contribution in [1.82, 2.24) is 9.78 Å². The summed E-state index contributed by atoms with van der Waals surface area (Å²) >= 11 is 9.39. The summed E-state index contributed by atoms with van der Waals surface area (Å²) in [6.07, 6.45) is 1.51. The van der Waals surface area contributed by atoms with E-state index in [4.69, 9.17) is 11.6 Å². The molecule has 2 rings (SSSR count). The molecule has 0 aliphatic carbocycles. The molecule has 0 aliphatic heterocycles. The zero-order valence-electron chi connectivity index (χ0n) is 10.0. The molecule has 5 heteroatoms. The standard InChI is InChI=1S/C13H12BrClN2O/c1-8(2)17-12(11(15)7-16-17)13(18)9-3-5-10(14)6-4-9/h3-8H,1-2H3. The van der Waals surface area contributed by atoms with Crippen molar-refractivity contribution in [2.24, 2.45) is 0 Å². The van der Waals surface area contributed by atoms with Crippen LogP contribution in [0.25, 0.3) is 0 Å². The van der Waals surface area contributed by atoms with Crippen LogP contribution in [-0.2, 0) is 0 Å². The van der Waals surface area contributed by atoms with E-state index in [1.807, 2.05) is 26.0 Å². The third kappa shape index (κ3) is 2.49. The molecule has 0 fully saturated rings. The number of nitrogens with zero attached hydrogens (tertiary/aromatic N) is 2. The predicted molar refractivity (Wildman–Crippen MR) is 75.2 cm³/mol. The van der Waals surface area contributed by atoms with Gasteiger partial charge in [-0.3, -0.25) is 9.48 Å². The first-order chi connectivity index (χ1) is 8.50. The van der Waals surface area contributed by atoms with Crippen molar-refractivity contribution in [3.05, 3.63) is 51.2 Å². The first kappa shape index (κ1) is 13.3. The second-order valence-electron chi connectivity index (χ2n) is 4.22. The zero-order valence-corrected chi connectivity index (χ0v) is 12.4. The van der Waals surface area contributed by atoms with E-state index in [0.717, 1.165) is 4.47 Å². The highest BCUT2D eigenvalue weighted by molar-refractivity contribution is 9.10. The van der Waals surface area contributed by atoms with Gasteiger partial charge < -0.3 is 0 Å². The molecule has 2 aromatic rings. The predicted octanol–water partition coefficient (Wildman–Crippen LogP) is 4.11. The van der Waals surface area contributed by atoms with Crippen LogP contribution in [0.5, 0.6) is 0 Å². The van der Waals surface area contributed by atoms with Gasteiger partial charge in [0.15, 0.2) is 0 Å². The van der Waals surface area contributed by atoms with Crippen LogP contribution in [0.4, 0.5) is 0 Å². The van der Waals surface area contributed by atoms with Crippen LogP contribution in [0, 0.1) is 0 Å². The molecular formula is C13H12BrClN2O. The summed E-state index contributed by atoms with van der Waals surface area (Å²) in [7, 11) is 0. The summed E-state index contributed by atoms with van der Waals surface area (Å²) in [5, 5.41) is 4.52. The van der Waals surface area contributed by atoms with Crippen molar-refractivity contribution in [1.29, 1.82) is 0 Å². The number of hydrogen-bond donors (Lipinski definition) is 0. The Labute approximate surface area is 119 Å². The fourth-order valence-corrected chi connectivity index (χ4v) is 2.16. The Morgan fingerprint density at radius 3 is 2.50 bits per heavy atom. The van der Waals surface area contributed by atoms with Crippen LogP contribution >= 0.6 is 27.5 Å². The Morgan fingerprint density at radius 1 is 1.33 bits per heavy atom. The first-order valence-corrected chi connectivity index (χ1v) is 6.71. The SMILES string of the molecule is CC(C)n1ncc(Cl)c1C(=O)c1ccc(Br)cc1. The summed E-state index contributed by atoms with van der Waals surface area (Å²) in [6, 6.07) is 7.28. The lowest BCUT2D eigenvalue weighted by atomic mass is 10.1. The average Bonchev–Trinajstić information content (AvgIpc) is 2.71. The van der Waals surface area contributed by atoms with Crippen LogP contribution < -0.4 is 0 Å². The van der Waals surface area contributed by atoms with E-state index >= 15 is 0 Å². The molecule has 0 N–H and O–H groups in total. The van der Waals surface area contributed by atoms with E-state index in [1.165, 1.54) is 6.20 Å². The Hall–Kier alpha value is -1.13. The first-order valence-electron chi connectivity index (χ1n) is 5.54. The van der Waals surface area contributed by atoms with Crippen LogP contribution in [-0.4, -0.2) is 15.6 Å². The molecule has 18 heavy (non-hydrogen) atoms. The van der Waals surface area contributed by atoms with E-state index in [9.17, 15) is 4.79 Å². The molecule has 1 aromatic heterocycles. The van der Waals surface area contributed by atoms with Crippen LogP contribution in [0.3, 0.4) is 0 Å². The zero-order chi connectivity index (χ0) is 13.3. The van der Waals surface area contributed by atoms with Crippen molar-refractivity contribution >= 4 is 33.3 Å². The number of hydrogen-bond acceptors (Lipinski definition) is 2. The average molecular weight is 328 g/mol. The summed E-state index contributed by atoms with van der Waals surface area (Å²) in [5.41, 5.74) is 1.04. The van der Waals surface area contributed by atoms with Gasteiger partial charge in [0, 0.05) is 16.1 Å². The van der Waals surface area contributed by atoms with Crippen molar-refractivity contribution < 1.29 is 4.79 Å². The molecule has 0 saturated heterocycles. The Morgan fingerprint density at radius 2 is 1.94 bits per heavy atom. The van der Waals surface area contributed by atoms with Crippen molar-refractivity contribution in [3.8, 4) is 0 Å². The van der Waals surface area contributed by atoms with Gasteiger partial charge >= 0.3 is 0 Å².